The lowest BCUT2D eigenvalue weighted by Gasteiger charge is -2.40. The molecule has 0 saturated carbocycles. The van der Waals surface area contributed by atoms with Gasteiger partial charge in [0.2, 0.25) is 0 Å². The van der Waals surface area contributed by atoms with E-state index in [9.17, 15) is 56.2 Å². The number of benzene rings is 4. The van der Waals surface area contributed by atoms with Crippen LogP contribution < -0.4 is 9.47 Å². The number of aromatic hydroxyl groups is 9. The largest absolute Gasteiger partial charge is 0.508 e. The zero-order chi connectivity index (χ0) is 30.9. The summed E-state index contributed by atoms with van der Waals surface area (Å²) in [5.41, 5.74) is 0.0126. The number of aliphatic hydroxyl groups excluding tert-OH is 2. The van der Waals surface area contributed by atoms with Crippen molar-refractivity contribution in [2.75, 3.05) is 0 Å². The Kier molecular flexibility index (Phi) is 6.36. The number of hydrogen-bond acceptors (Lipinski definition) is 13. The quantitative estimate of drug-likeness (QED) is 0.153. The molecule has 0 aromatic heterocycles. The molecule has 0 unspecified atom stereocenters. The van der Waals surface area contributed by atoms with Gasteiger partial charge in [-0.05, 0) is 29.8 Å². The number of aliphatic hydroxyl groups is 2. The van der Waals surface area contributed by atoms with Crippen LogP contribution in [0.1, 0.15) is 45.9 Å². The fourth-order valence-electron chi connectivity index (χ4n) is 5.78. The van der Waals surface area contributed by atoms with E-state index in [0.717, 1.165) is 30.3 Å². The Morgan fingerprint density at radius 1 is 0.558 bits per heavy atom. The number of ether oxygens (including phenoxy) is 2. The van der Waals surface area contributed by atoms with Crippen molar-refractivity contribution >= 4 is 0 Å². The maximum atomic E-state index is 11.8. The SMILES string of the molecule is Oc1cc(O)c2c(c1)O[C@H](c1ccc(O)c(O)c1)[C@H](O)[C@H]2c1c(O)cc(O)c2c1O[C@H](c1cc(O)c(O)c(O)c1)[C@@H](O)C2. The van der Waals surface area contributed by atoms with E-state index in [-0.39, 0.29) is 51.5 Å². The molecule has 11 N–H and O–H groups in total. The van der Waals surface area contributed by atoms with Crippen molar-refractivity contribution in [1.29, 1.82) is 0 Å². The van der Waals surface area contributed by atoms with Gasteiger partial charge in [-0.25, -0.2) is 0 Å². The van der Waals surface area contributed by atoms with Gasteiger partial charge in [0.25, 0.3) is 0 Å². The van der Waals surface area contributed by atoms with Gasteiger partial charge in [-0.1, -0.05) is 6.07 Å². The molecule has 13 heteroatoms. The lowest BCUT2D eigenvalue weighted by molar-refractivity contribution is 0.00113. The highest BCUT2D eigenvalue weighted by atomic mass is 16.5. The number of phenols is 9. The van der Waals surface area contributed by atoms with Crippen molar-refractivity contribution < 1.29 is 65.6 Å². The van der Waals surface area contributed by atoms with Gasteiger partial charge in [0.1, 0.15) is 40.6 Å². The van der Waals surface area contributed by atoms with Crippen LogP contribution in [-0.2, 0) is 6.42 Å². The molecule has 4 aromatic carbocycles. The Morgan fingerprint density at radius 3 is 1.88 bits per heavy atom. The lowest BCUT2D eigenvalue weighted by atomic mass is 9.77. The van der Waals surface area contributed by atoms with E-state index >= 15 is 0 Å². The van der Waals surface area contributed by atoms with Crippen LogP contribution in [0.4, 0.5) is 0 Å². The average molecular weight is 595 g/mol. The molecule has 0 aliphatic carbocycles. The van der Waals surface area contributed by atoms with Gasteiger partial charge >= 0.3 is 0 Å². The molecule has 6 rings (SSSR count). The molecular weight excluding hydrogens is 568 g/mol. The van der Waals surface area contributed by atoms with Crippen molar-refractivity contribution in [1.82, 2.24) is 0 Å². The monoisotopic (exact) mass is 594 g/mol. The van der Waals surface area contributed by atoms with E-state index in [1.807, 2.05) is 0 Å². The molecule has 5 atom stereocenters. The van der Waals surface area contributed by atoms with Crippen molar-refractivity contribution in [3.8, 4) is 63.2 Å². The highest BCUT2D eigenvalue weighted by Gasteiger charge is 2.46. The van der Waals surface area contributed by atoms with E-state index in [1.54, 1.807) is 0 Å². The molecule has 2 heterocycles. The van der Waals surface area contributed by atoms with Crippen molar-refractivity contribution in [3.63, 3.8) is 0 Å². The van der Waals surface area contributed by atoms with E-state index in [0.29, 0.717) is 0 Å². The number of phenolic OH excluding ortho intramolecular Hbond substituents is 9. The predicted molar refractivity (Wildman–Crippen MR) is 145 cm³/mol. The second-order valence-corrected chi connectivity index (χ2v) is 10.5. The standard InChI is InChI=1S/C30H26O13/c31-12-6-17(35)23-22(7-12)42-29(10-1-2-14(32)16(34)3-10)27(41)25(23)24-18(36)9-15(33)13-8-21(39)28(43-30(13)24)11-4-19(37)26(40)20(38)5-11/h1-7,9,21,25,27-29,31-41H,8H2/t21-,25+,27+,28+,29+/m0/s1. The Balaban J connectivity index is 1.56. The van der Waals surface area contributed by atoms with Gasteiger partial charge in [0, 0.05) is 46.9 Å². The van der Waals surface area contributed by atoms with Gasteiger partial charge in [-0.15, -0.1) is 0 Å². The summed E-state index contributed by atoms with van der Waals surface area (Å²) in [6, 6.07) is 8.92. The summed E-state index contributed by atoms with van der Waals surface area (Å²) in [7, 11) is 0. The third-order valence-corrected chi connectivity index (χ3v) is 7.77. The van der Waals surface area contributed by atoms with Crippen LogP contribution in [-0.4, -0.2) is 68.4 Å². The zero-order valence-electron chi connectivity index (χ0n) is 21.9. The van der Waals surface area contributed by atoms with Crippen molar-refractivity contribution in [3.05, 3.63) is 76.3 Å². The molecule has 2 aliphatic heterocycles. The highest BCUT2D eigenvalue weighted by Crippen LogP contribution is 2.57. The fraction of sp³-hybridized carbons (Fsp3) is 0.200. The highest BCUT2D eigenvalue weighted by molar-refractivity contribution is 5.66. The molecule has 43 heavy (non-hydrogen) atoms. The molecule has 0 bridgehead atoms. The average Bonchev–Trinajstić information content (AvgIpc) is 2.94. The van der Waals surface area contributed by atoms with Gasteiger partial charge in [-0.3, -0.25) is 0 Å². The number of rotatable bonds is 3. The summed E-state index contributed by atoms with van der Waals surface area (Å²) < 4.78 is 12.0. The summed E-state index contributed by atoms with van der Waals surface area (Å²) in [4.78, 5) is 0. The van der Waals surface area contributed by atoms with Gasteiger partial charge in [-0.2, -0.15) is 0 Å². The Hall–Kier alpha value is -5.40. The van der Waals surface area contributed by atoms with Gasteiger partial charge in [0.15, 0.2) is 41.0 Å². The van der Waals surface area contributed by atoms with Gasteiger partial charge in [0.05, 0.1) is 12.0 Å². The van der Waals surface area contributed by atoms with E-state index in [1.165, 1.54) is 18.2 Å². The van der Waals surface area contributed by atoms with Crippen molar-refractivity contribution in [2.45, 2.75) is 36.8 Å². The first-order chi connectivity index (χ1) is 20.3. The summed E-state index contributed by atoms with van der Waals surface area (Å²) in [6.07, 6.45) is -5.87. The minimum Gasteiger partial charge on any atom is -0.508 e. The minimum absolute atomic E-state index is 0.0258. The molecule has 0 saturated heterocycles. The Bertz CT molecular complexity index is 1750. The van der Waals surface area contributed by atoms with Crippen LogP contribution in [0.3, 0.4) is 0 Å². The summed E-state index contributed by atoms with van der Waals surface area (Å²) in [5, 5.41) is 116. The predicted octanol–water partition coefficient (Wildman–Crippen LogP) is 2.70. The van der Waals surface area contributed by atoms with Crippen LogP contribution in [0.5, 0.6) is 63.2 Å². The molecule has 0 amide bonds. The molecular formula is C30H26O13. The summed E-state index contributed by atoms with van der Waals surface area (Å²) >= 11 is 0. The molecule has 2 aliphatic rings. The molecule has 4 aromatic rings. The second-order valence-electron chi connectivity index (χ2n) is 10.5. The molecule has 0 spiro atoms. The Labute approximate surface area is 242 Å². The number of fused-ring (bicyclic) bond motifs is 2. The first-order valence-electron chi connectivity index (χ1n) is 12.9. The lowest BCUT2D eigenvalue weighted by Crippen LogP contribution is -2.36. The van der Waals surface area contributed by atoms with Gasteiger partial charge < -0.3 is 65.6 Å². The van der Waals surface area contributed by atoms with Crippen LogP contribution in [0, 0.1) is 0 Å². The molecule has 0 fully saturated rings. The van der Waals surface area contributed by atoms with E-state index in [4.69, 9.17) is 9.47 Å². The van der Waals surface area contributed by atoms with Crippen LogP contribution in [0.25, 0.3) is 0 Å². The summed E-state index contributed by atoms with van der Waals surface area (Å²) in [6.45, 7) is 0. The molecule has 13 nitrogen and oxygen atoms in total. The summed E-state index contributed by atoms with van der Waals surface area (Å²) in [5.74, 6) is -6.77. The Morgan fingerprint density at radius 2 is 1.21 bits per heavy atom. The number of hydrogen-bond donors (Lipinski definition) is 11. The van der Waals surface area contributed by atoms with Crippen LogP contribution in [0.2, 0.25) is 0 Å². The first-order valence-corrected chi connectivity index (χ1v) is 12.9. The van der Waals surface area contributed by atoms with Crippen LogP contribution >= 0.6 is 0 Å². The fourth-order valence-corrected chi connectivity index (χ4v) is 5.78. The maximum Gasteiger partial charge on any atom is 0.200 e. The minimum atomic E-state index is -1.64. The van der Waals surface area contributed by atoms with E-state index in [2.05, 4.69) is 0 Å². The van der Waals surface area contributed by atoms with E-state index < -0.39 is 76.3 Å². The molecule has 0 radical (unpaired) electrons. The topological polar surface area (TPSA) is 241 Å². The third kappa shape index (κ3) is 4.42. The van der Waals surface area contributed by atoms with Crippen molar-refractivity contribution in [2.24, 2.45) is 0 Å². The zero-order valence-corrected chi connectivity index (χ0v) is 21.9. The maximum absolute atomic E-state index is 11.8. The normalized spacial score (nSPS) is 22.6. The van der Waals surface area contributed by atoms with Crippen LogP contribution in [0.15, 0.2) is 48.5 Å². The second kappa shape index (κ2) is 9.86. The molecule has 224 valence electrons. The smallest absolute Gasteiger partial charge is 0.200 e. The third-order valence-electron chi connectivity index (χ3n) is 7.77. The first kappa shape index (κ1) is 27.8.